The first-order valence-corrected chi connectivity index (χ1v) is 6.15. The van der Waals surface area contributed by atoms with Gasteiger partial charge in [-0.25, -0.2) is 4.98 Å². The number of nitrogens with zero attached hydrogens (tertiary/aromatic N) is 1. The fourth-order valence-corrected chi connectivity index (χ4v) is 2.72. The zero-order chi connectivity index (χ0) is 10.7. The molecule has 82 valence electrons. The molecule has 0 radical (unpaired) electrons. The number of Topliss-reactive ketones (excluding diaryl/α,β-unsaturated/α-hetero) is 1. The summed E-state index contributed by atoms with van der Waals surface area (Å²) in [6.07, 6.45) is 2.74. The highest BCUT2D eigenvalue weighted by molar-refractivity contribution is 7.09. The van der Waals surface area contributed by atoms with Gasteiger partial charge in [-0.1, -0.05) is 0 Å². The maximum Gasteiger partial charge on any atom is 0.135 e. The van der Waals surface area contributed by atoms with Gasteiger partial charge in [0.1, 0.15) is 5.78 Å². The van der Waals surface area contributed by atoms with Crippen LogP contribution in [0.4, 0.5) is 0 Å². The molecule has 0 aliphatic carbocycles. The van der Waals surface area contributed by atoms with Gasteiger partial charge < -0.3 is 4.74 Å². The Bertz CT molecular complexity index is 342. The van der Waals surface area contributed by atoms with Crippen LogP contribution in [0.5, 0.6) is 0 Å². The molecule has 3 nitrogen and oxygen atoms in total. The van der Waals surface area contributed by atoms with Gasteiger partial charge in [0.05, 0.1) is 17.3 Å². The number of rotatable bonds is 3. The van der Waals surface area contributed by atoms with Crippen molar-refractivity contribution in [3.05, 3.63) is 16.1 Å². The number of thiazole rings is 1. The minimum Gasteiger partial charge on any atom is -0.381 e. The third kappa shape index (κ3) is 2.86. The SMILES string of the molecule is CC(=O)Cc1csc(C2CCCOC2)n1. The number of hydrogen-bond acceptors (Lipinski definition) is 4. The van der Waals surface area contributed by atoms with Crippen LogP contribution in [0.1, 0.15) is 36.4 Å². The fraction of sp³-hybridized carbons (Fsp3) is 0.636. The van der Waals surface area contributed by atoms with E-state index in [-0.39, 0.29) is 5.78 Å². The molecule has 1 aliphatic heterocycles. The molecule has 0 N–H and O–H groups in total. The molecule has 1 saturated heterocycles. The van der Waals surface area contributed by atoms with Gasteiger partial charge in [-0.05, 0) is 19.8 Å². The van der Waals surface area contributed by atoms with E-state index < -0.39 is 0 Å². The van der Waals surface area contributed by atoms with Crippen LogP contribution in [-0.4, -0.2) is 24.0 Å². The number of ketones is 1. The van der Waals surface area contributed by atoms with Gasteiger partial charge in [-0.2, -0.15) is 0 Å². The van der Waals surface area contributed by atoms with E-state index in [0.717, 1.165) is 36.8 Å². The number of hydrogen-bond donors (Lipinski definition) is 0. The van der Waals surface area contributed by atoms with Crippen LogP contribution in [0, 0.1) is 0 Å². The summed E-state index contributed by atoms with van der Waals surface area (Å²) in [6.45, 7) is 3.26. The molecule has 2 rings (SSSR count). The Balaban J connectivity index is 2.02. The van der Waals surface area contributed by atoms with Gasteiger partial charge in [0.25, 0.3) is 0 Å². The first-order valence-electron chi connectivity index (χ1n) is 5.27. The van der Waals surface area contributed by atoms with Crippen molar-refractivity contribution < 1.29 is 9.53 Å². The lowest BCUT2D eigenvalue weighted by Crippen LogP contribution is -2.15. The summed E-state index contributed by atoms with van der Waals surface area (Å²) >= 11 is 1.65. The topological polar surface area (TPSA) is 39.2 Å². The van der Waals surface area contributed by atoms with Gasteiger partial charge >= 0.3 is 0 Å². The molecule has 0 amide bonds. The highest BCUT2D eigenvalue weighted by Crippen LogP contribution is 2.27. The Hall–Kier alpha value is -0.740. The molecule has 2 heterocycles. The van der Waals surface area contributed by atoms with E-state index in [9.17, 15) is 4.79 Å². The van der Waals surface area contributed by atoms with Crippen molar-refractivity contribution in [1.29, 1.82) is 0 Å². The number of aromatic nitrogens is 1. The van der Waals surface area contributed by atoms with E-state index in [1.807, 2.05) is 5.38 Å². The minimum atomic E-state index is 0.173. The van der Waals surface area contributed by atoms with Crippen molar-refractivity contribution in [2.75, 3.05) is 13.2 Å². The van der Waals surface area contributed by atoms with Crippen LogP contribution < -0.4 is 0 Å². The van der Waals surface area contributed by atoms with E-state index in [2.05, 4.69) is 4.98 Å². The maximum absolute atomic E-state index is 10.9. The Kier molecular flexibility index (Phi) is 3.49. The summed E-state index contributed by atoms with van der Waals surface area (Å²) in [5.41, 5.74) is 0.910. The molecule has 0 saturated carbocycles. The van der Waals surface area contributed by atoms with Crippen LogP contribution in [0.3, 0.4) is 0 Å². The molecule has 1 aliphatic rings. The Morgan fingerprint density at radius 1 is 1.73 bits per heavy atom. The monoisotopic (exact) mass is 225 g/mol. The normalized spacial score (nSPS) is 21.5. The van der Waals surface area contributed by atoms with E-state index in [1.165, 1.54) is 0 Å². The van der Waals surface area contributed by atoms with Crippen LogP contribution >= 0.6 is 11.3 Å². The van der Waals surface area contributed by atoms with Crippen molar-refractivity contribution in [2.24, 2.45) is 0 Å². The van der Waals surface area contributed by atoms with Gasteiger partial charge in [0, 0.05) is 24.3 Å². The van der Waals surface area contributed by atoms with Crippen LogP contribution in [0.15, 0.2) is 5.38 Å². The minimum absolute atomic E-state index is 0.173. The maximum atomic E-state index is 10.9. The third-order valence-electron chi connectivity index (χ3n) is 2.51. The number of carbonyl (C=O) groups excluding carboxylic acids is 1. The van der Waals surface area contributed by atoms with Gasteiger partial charge in [0.2, 0.25) is 0 Å². The summed E-state index contributed by atoms with van der Waals surface area (Å²) in [5, 5.41) is 3.12. The number of carbonyl (C=O) groups is 1. The van der Waals surface area contributed by atoms with Crippen molar-refractivity contribution >= 4 is 17.1 Å². The summed E-state index contributed by atoms with van der Waals surface area (Å²) in [4.78, 5) is 15.4. The van der Waals surface area contributed by atoms with Crippen LogP contribution in [0.2, 0.25) is 0 Å². The van der Waals surface area contributed by atoms with Gasteiger partial charge in [-0.15, -0.1) is 11.3 Å². The van der Waals surface area contributed by atoms with Crippen molar-refractivity contribution in [3.8, 4) is 0 Å². The van der Waals surface area contributed by atoms with Crippen LogP contribution in [-0.2, 0) is 16.0 Å². The molecule has 1 unspecified atom stereocenters. The smallest absolute Gasteiger partial charge is 0.135 e. The van der Waals surface area contributed by atoms with E-state index >= 15 is 0 Å². The molecule has 0 bridgehead atoms. The number of ether oxygens (including phenoxy) is 1. The molecule has 1 atom stereocenters. The quantitative estimate of drug-likeness (QED) is 0.791. The Labute approximate surface area is 93.5 Å². The highest BCUT2D eigenvalue weighted by atomic mass is 32.1. The average molecular weight is 225 g/mol. The zero-order valence-electron chi connectivity index (χ0n) is 8.86. The fourth-order valence-electron chi connectivity index (χ4n) is 1.78. The van der Waals surface area contributed by atoms with E-state index in [0.29, 0.717) is 12.3 Å². The Morgan fingerprint density at radius 3 is 3.27 bits per heavy atom. The summed E-state index contributed by atoms with van der Waals surface area (Å²) in [6, 6.07) is 0. The molecule has 0 aromatic carbocycles. The summed E-state index contributed by atoms with van der Waals surface area (Å²) < 4.78 is 5.43. The molecule has 1 aromatic rings. The first kappa shape index (κ1) is 10.8. The standard InChI is InChI=1S/C11H15NO2S/c1-8(13)5-10-7-15-11(12-10)9-3-2-4-14-6-9/h7,9H,2-6H2,1H3. The van der Waals surface area contributed by atoms with Crippen LogP contribution in [0.25, 0.3) is 0 Å². The lowest BCUT2D eigenvalue weighted by atomic mass is 10.0. The van der Waals surface area contributed by atoms with Crippen molar-refractivity contribution in [1.82, 2.24) is 4.98 Å². The summed E-state index contributed by atoms with van der Waals surface area (Å²) in [5.74, 6) is 0.621. The zero-order valence-corrected chi connectivity index (χ0v) is 9.68. The van der Waals surface area contributed by atoms with Gasteiger partial charge in [-0.3, -0.25) is 4.79 Å². The largest absolute Gasteiger partial charge is 0.381 e. The first-order chi connectivity index (χ1) is 7.25. The highest BCUT2D eigenvalue weighted by Gasteiger charge is 2.19. The second kappa shape index (κ2) is 4.86. The van der Waals surface area contributed by atoms with Crippen molar-refractivity contribution in [2.45, 2.75) is 32.1 Å². The lowest BCUT2D eigenvalue weighted by molar-refractivity contribution is -0.116. The molecule has 4 heteroatoms. The molecule has 15 heavy (non-hydrogen) atoms. The molecule has 1 aromatic heterocycles. The lowest BCUT2D eigenvalue weighted by Gasteiger charge is -2.19. The van der Waals surface area contributed by atoms with Gasteiger partial charge in [0.15, 0.2) is 0 Å². The predicted molar refractivity (Wildman–Crippen MR) is 59.3 cm³/mol. The molecule has 0 spiro atoms. The van der Waals surface area contributed by atoms with E-state index in [1.54, 1.807) is 18.3 Å². The van der Waals surface area contributed by atoms with E-state index in [4.69, 9.17) is 4.74 Å². The molecule has 1 fully saturated rings. The Morgan fingerprint density at radius 2 is 2.60 bits per heavy atom. The summed E-state index contributed by atoms with van der Waals surface area (Å²) in [7, 11) is 0. The molecular formula is C11H15NO2S. The predicted octanol–water partition coefficient (Wildman–Crippen LogP) is 2.17. The second-order valence-electron chi connectivity index (χ2n) is 3.97. The molecular weight excluding hydrogens is 210 g/mol. The second-order valence-corrected chi connectivity index (χ2v) is 4.86. The van der Waals surface area contributed by atoms with Crippen molar-refractivity contribution in [3.63, 3.8) is 0 Å². The average Bonchev–Trinajstić information content (AvgIpc) is 2.67. The third-order valence-corrected chi connectivity index (χ3v) is 3.57.